The highest BCUT2D eigenvalue weighted by molar-refractivity contribution is 5.67. The molecule has 1 unspecified atom stereocenters. The van der Waals surface area contributed by atoms with Gasteiger partial charge in [-0.25, -0.2) is 0 Å². The number of aliphatic carboxylic acids is 1. The predicted octanol–water partition coefficient (Wildman–Crippen LogP) is 2.48. The van der Waals surface area contributed by atoms with Gasteiger partial charge in [-0.3, -0.25) is 4.79 Å². The highest BCUT2D eigenvalue weighted by Gasteiger charge is 2.16. The van der Waals surface area contributed by atoms with Gasteiger partial charge in [0.2, 0.25) is 0 Å². The topological polar surface area (TPSA) is 72.6 Å². The van der Waals surface area contributed by atoms with Crippen molar-refractivity contribution in [3.8, 4) is 5.75 Å². The van der Waals surface area contributed by atoms with Crippen LogP contribution in [-0.2, 0) is 4.79 Å². The predicted molar refractivity (Wildman–Crippen MR) is 68.5 cm³/mol. The van der Waals surface area contributed by atoms with Gasteiger partial charge < -0.3 is 15.6 Å². The molecule has 0 aromatic heterocycles. The van der Waals surface area contributed by atoms with Crippen molar-refractivity contribution in [3.05, 3.63) is 29.8 Å². The summed E-state index contributed by atoms with van der Waals surface area (Å²) in [5.74, 6) is -0.0399. The Balaban J connectivity index is 1.94. The molecule has 0 radical (unpaired) electrons. The standard InChI is InChI=1S/C14H19NO3/c15-13(9-14(16)17)10-5-7-12(8-6-10)18-11-3-1-2-4-11/h5-8,11,13H,1-4,9,15H2,(H,16,17). The maximum atomic E-state index is 10.6. The summed E-state index contributed by atoms with van der Waals surface area (Å²) in [7, 11) is 0. The van der Waals surface area contributed by atoms with Gasteiger partial charge >= 0.3 is 5.97 Å². The Labute approximate surface area is 107 Å². The SMILES string of the molecule is NC(CC(=O)O)c1ccc(OC2CCCC2)cc1. The van der Waals surface area contributed by atoms with E-state index < -0.39 is 12.0 Å². The Morgan fingerprint density at radius 3 is 2.50 bits per heavy atom. The number of carboxylic acid groups (broad SMARTS) is 1. The second-order valence-corrected chi connectivity index (χ2v) is 4.80. The van der Waals surface area contributed by atoms with Crippen molar-refractivity contribution in [2.75, 3.05) is 0 Å². The number of ether oxygens (including phenoxy) is 1. The van der Waals surface area contributed by atoms with E-state index >= 15 is 0 Å². The van der Waals surface area contributed by atoms with Crippen molar-refractivity contribution in [2.45, 2.75) is 44.2 Å². The number of nitrogens with two attached hydrogens (primary N) is 1. The number of carboxylic acids is 1. The van der Waals surface area contributed by atoms with E-state index in [0.29, 0.717) is 6.10 Å². The van der Waals surface area contributed by atoms with E-state index in [-0.39, 0.29) is 6.42 Å². The lowest BCUT2D eigenvalue weighted by atomic mass is 10.0. The molecule has 0 saturated heterocycles. The maximum Gasteiger partial charge on any atom is 0.305 e. The molecule has 1 atom stereocenters. The third-order valence-corrected chi connectivity index (χ3v) is 3.31. The first-order valence-electron chi connectivity index (χ1n) is 6.39. The average Bonchev–Trinajstić information content (AvgIpc) is 2.82. The lowest BCUT2D eigenvalue weighted by molar-refractivity contribution is -0.137. The second kappa shape index (κ2) is 5.87. The quantitative estimate of drug-likeness (QED) is 0.840. The van der Waals surface area contributed by atoms with Crippen LogP contribution in [0.4, 0.5) is 0 Å². The highest BCUT2D eigenvalue weighted by Crippen LogP contribution is 2.25. The summed E-state index contributed by atoms with van der Waals surface area (Å²) in [4.78, 5) is 10.6. The summed E-state index contributed by atoms with van der Waals surface area (Å²) in [5.41, 5.74) is 6.62. The van der Waals surface area contributed by atoms with Crippen LogP contribution >= 0.6 is 0 Å². The number of hydrogen-bond donors (Lipinski definition) is 2. The first-order chi connectivity index (χ1) is 8.65. The van der Waals surface area contributed by atoms with Gasteiger partial charge in [0.25, 0.3) is 0 Å². The molecule has 1 aromatic carbocycles. The molecule has 3 N–H and O–H groups in total. The van der Waals surface area contributed by atoms with Gasteiger partial charge in [0, 0.05) is 6.04 Å². The van der Waals surface area contributed by atoms with Gasteiger partial charge in [0.15, 0.2) is 0 Å². The molecule has 2 rings (SSSR count). The minimum Gasteiger partial charge on any atom is -0.490 e. The Bertz CT molecular complexity index is 396. The van der Waals surface area contributed by atoms with Crippen LogP contribution in [0.3, 0.4) is 0 Å². The van der Waals surface area contributed by atoms with Gasteiger partial charge in [-0.05, 0) is 43.4 Å². The summed E-state index contributed by atoms with van der Waals surface area (Å²) >= 11 is 0. The molecule has 0 heterocycles. The second-order valence-electron chi connectivity index (χ2n) is 4.80. The molecule has 1 fully saturated rings. The van der Waals surface area contributed by atoms with Crippen LogP contribution in [0.5, 0.6) is 5.75 Å². The zero-order valence-electron chi connectivity index (χ0n) is 10.3. The van der Waals surface area contributed by atoms with E-state index in [1.807, 2.05) is 24.3 Å². The van der Waals surface area contributed by atoms with Crippen LogP contribution in [0.25, 0.3) is 0 Å². The molecule has 1 aliphatic rings. The minimum absolute atomic E-state index is 0.0527. The first-order valence-corrected chi connectivity index (χ1v) is 6.39. The smallest absolute Gasteiger partial charge is 0.305 e. The molecule has 0 aliphatic heterocycles. The van der Waals surface area contributed by atoms with Gasteiger partial charge in [-0.2, -0.15) is 0 Å². The molecular weight excluding hydrogens is 230 g/mol. The Morgan fingerprint density at radius 1 is 1.33 bits per heavy atom. The summed E-state index contributed by atoms with van der Waals surface area (Å²) < 4.78 is 5.83. The van der Waals surface area contributed by atoms with Crippen molar-refractivity contribution < 1.29 is 14.6 Å². The monoisotopic (exact) mass is 249 g/mol. The number of hydrogen-bond acceptors (Lipinski definition) is 3. The molecular formula is C14H19NO3. The first kappa shape index (κ1) is 12.9. The zero-order chi connectivity index (χ0) is 13.0. The largest absolute Gasteiger partial charge is 0.490 e. The molecule has 0 bridgehead atoms. The lowest BCUT2D eigenvalue weighted by Crippen LogP contribution is -2.15. The number of carbonyl (C=O) groups is 1. The Morgan fingerprint density at radius 2 is 1.94 bits per heavy atom. The summed E-state index contributed by atoms with van der Waals surface area (Å²) in [6.07, 6.45) is 5.02. The molecule has 0 amide bonds. The molecule has 1 aromatic rings. The summed E-state index contributed by atoms with van der Waals surface area (Å²) in [6.45, 7) is 0. The minimum atomic E-state index is -0.881. The zero-order valence-corrected chi connectivity index (χ0v) is 10.3. The van der Waals surface area contributed by atoms with E-state index in [1.54, 1.807) is 0 Å². The van der Waals surface area contributed by atoms with Crippen LogP contribution in [-0.4, -0.2) is 17.2 Å². The fourth-order valence-electron chi connectivity index (χ4n) is 2.30. The fourth-order valence-corrected chi connectivity index (χ4v) is 2.30. The normalized spacial score (nSPS) is 17.6. The number of benzene rings is 1. The molecule has 1 saturated carbocycles. The molecule has 1 aliphatic carbocycles. The van der Waals surface area contributed by atoms with E-state index in [2.05, 4.69) is 0 Å². The molecule has 4 heteroatoms. The van der Waals surface area contributed by atoms with Crippen LogP contribution in [0.15, 0.2) is 24.3 Å². The fraction of sp³-hybridized carbons (Fsp3) is 0.500. The van der Waals surface area contributed by atoms with Gasteiger partial charge in [0.1, 0.15) is 5.75 Å². The third-order valence-electron chi connectivity index (χ3n) is 3.31. The van der Waals surface area contributed by atoms with Gasteiger partial charge in [0.05, 0.1) is 12.5 Å². The summed E-state index contributed by atoms with van der Waals surface area (Å²) in [5, 5.41) is 8.68. The van der Waals surface area contributed by atoms with E-state index in [0.717, 1.165) is 24.2 Å². The lowest BCUT2D eigenvalue weighted by Gasteiger charge is -2.14. The molecule has 18 heavy (non-hydrogen) atoms. The van der Waals surface area contributed by atoms with Crippen molar-refractivity contribution in [1.82, 2.24) is 0 Å². The van der Waals surface area contributed by atoms with Crippen LogP contribution in [0.2, 0.25) is 0 Å². The average molecular weight is 249 g/mol. The Hall–Kier alpha value is -1.55. The molecule has 0 spiro atoms. The van der Waals surface area contributed by atoms with Gasteiger partial charge in [-0.1, -0.05) is 12.1 Å². The van der Waals surface area contributed by atoms with Crippen molar-refractivity contribution in [1.29, 1.82) is 0 Å². The van der Waals surface area contributed by atoms with Crippen molar-refractivity contribution in [2.24, 2.45) is 5.73 Å². The molecule has 98 valence electrons. The maximum absolute atomic E-state index is 10.6. The van der Waals surface area contributed by atoms with Crippen molar-refractivity contribution >= 4 is 5.97 Å². The van der Waals surface area contributed by atoms with E-state index in [4.69, 9.17) is 15.6 Å². The summed E-state index contributed by atoms with van der Waals surface area (Å²) in [6, 6.07) is 6.98. The number of rotatable bonds is 5. The molecule has 4 nitrogen and oxygen atoms in total. The highest BCUT2D eigenvalue weighted by atomic mass is 16.5. The Kier molecular flexibility index (Phi) is 4.20. The van der Waals surface area contributed by atoms with E-state index in [9.17, 15) is 4.79 Å². The van der Waals surface area contributed by atoms with E-state index in [1.165, 1.54) is 12.8 Å². The third kappa shape index (κ3) is 3.47. The van der Waals surface area contributed by atoms with Crippen molar-refractivity contribution in [3.63, 3.8) is 0 Å². The van der Waals surface area contributed by atoms with Crippen LogP contribution in [0.1, 0.15) is 43.7 Å². The van der Waals surface area contributed by atoms with Crippen LogP contribution in [0, 0.1) is 0 Å². The van der Waals surface area contributed by atoms with Crippen LogP contribution < -0.4 is 10.5 Å². The van der Waals surface area contributed by atoms with Gasteiger partial charge in [-0.15, -0.1) is 0 Å².